The van der Waals surface area contributed by atoms with E-state index in [0.29, 0.717) is 12.5 Å². The van der Waals surface area contributed by atoms with Gasteiger partial charge < -0.3 is 15.0 Å². The largest absolute Gasteiger partial charge is 0.465 e. The first-order chi connectivity index (χ1) is 9.60. The van der Waals surface area contributed by atoms with Gasteiger partial charge in [-0.3, -0.25) is 4.79 Å². The molecule has 1 aliphatic rings. The highest BCUT2D eigenvalue weighted by molar-refractivity contribution is 5.81. The lowest BCUT2D eigenvalue weighted by Crippen LogP contribution is -2.56. The van der Waals surface area contributed by atoms with E-state index in [1.54, 1.807) is 0 Å². The van der Waals surface area contributed by atoms with Crippen LogP contribution in [-0.4, -0.2) is 49.7 Å². The lowest BCUT2D eigenvalue weighted by Gasteiger charge is -2.35. The Hall–Kier alpha value is -0.610. The number of hydrogen-bond acceptors (Lipinski definition) is 4. The minimum Gasteiger partial charge on any atom is -0.465 e. The number of hydrogen-bond donors (Lipinski definition) is 1. The van der Waals surface area contributed by atoms with Crippen LogP contribution in [0.3, 0.4) is 0 Å². The summed E-state index contributed by atoms with van der Waals surface area (Å²) in [7, 11) is 2.14. The lowest BCUT2D eigenvalue weighted by molar-refractivity contribution is -0.153. The van der Waals surface area contributed by atoms with Crippen molar-refractivity contribution < 1.29 is 9.53 Å². The first-order valence-electron chi connectivity index (χ1n) is 8.21. The molecule has 2 atom stereocenters. The maximum absolute atomic E-state index is 12.5. The van der Waals surface area contributed by atoms with Crippen molar-refractivity contribution in [3.05, 3.63) is 0 Å². The number of rotatable bonds is 9. The second-order valence-corrected chi connectivity index (χ2v) is 5.89. The Bertz CT molecular complexity index is 296. The Morgan fingerprint density at radius 2 is 2.15 bits per heavy atom. The molecule has 0 amide bonds. The van der Waals surface area contributed by atoms with E-state index in [-0.39, 0.29) is 5.97 Å². The third-order valence-corrected chi connectivity index (χ3v) is 4.55. The summed E-state index contributed by atoms with van der Waals surface area (Å²) >= 11 is 0. The number of nitrogens with zero attached hydrogens (tertiary/aromatic N) is 1. The second kappa shape index (κ2) is 8.63. The minimum atomic E-state index is -0.430. The highest BCUT2D eigenvalue weighted by Gasteiger charge is 2.49. The van der Waals surface area contributed by atoms with Crippen molar-refractivity contribution in [2.24, 2.45) is 5.92 Å². The van der Waals surface area contributed by atoms with E-state index in [0.717, 1.165) is 51.7 Å². The van der Waals surface area contributed by atoms with Gasteiger partial charge in [0.15, 0.2) is 0 Å². The molecule has 1 N–H and O–H groups in total. The van der Waals surface area contributed by atoms with Gasteiger partial charge in [0.05, 0.1) is 6.61 Å². The van der Waals surface area contributed by atoms with E-state index in [4.69, 9.17) is 4.74 Å². The fourth-order valence-corrected chi connectivity index (χ4v) is 3.18. The van der Waals surface area contributed by atoms with Crippen LogP contribution < -0.4 is 5.32 Å². The maximum atomic E-state index is 12.5. The number of carbonyl (C=O) groups is 1. The zero-order valence-corrected chi connectivity index (χ0v) is 13.7. The molecule has 0 spiro atoms. The van der Waals surface area contributed by atoms with E-state index in [1.165, 1.54) is 0 Å². The van der Waals surface area contributed by atoms with Crippen molar-refractivity contribution >= 4 is 5.97 Å². The van der Waals surface area contributed by atoms with Crippen LogP contribution in [0.1, 0.15) is 52.9 Å². The Labute approximate surface area is 124 Å². The molecule has 0 aromatic carbocycles. The van der Waals surface area contributed by atoms with E-state index in [9.17, 15) is 4.79 Å². The molecule has 118 valence electrons. The fourth-order valence-electron chi connectivity index (χ4n) is 3.18. The highest BCUT2D eigenvalue weighted by atomic mass is 16.5. The van der Waals surface area contributed by atoms with Gasteiger partial charge in [0.1, 0.15) is 5.54 Å². The molecule has 0 radical (unpaired) electrons. The molecule has 1 fully saturated rings. The van der Waals surface area contributed by atoms with Crippen LogP contribution in [0.2, 0.25) is 0 Å². The predicted octanol–water partition coefficient (Wildman–Crippen LogP) is 2.43. The first kappa shape index (κ1) is 17.4. The summed E-state index contributed by atoms with van der Waals surface area (Å²) in [6, 6.07) is 0. The van der Waals surface area contributed by atoms with Gasteiger partial charge >= 0.3 is 5.97 Å². The number of nitrogens with one attached hydrogen (secondary N) is 1. The van der Waals surface area contributed by atoms with E-state index < -0.39 is 5.54 Å². The number of esters is 1. The van der Waals surface area contributed by atoms with Gasteiger partial charge in [0.25, 0.3) is 0 Å². The summed E-state index contributed by atoms with van der Waals surface area (Å²) in [5, 5.41) is 3.53. The Balaban J connectivity index is 2.75. The monoisotopic (exact) mass is 284 g/mol. The molecule has 1 rings (SSSR count). The minimum absolute atomic E-state index is 0.0323. The van der Waals surface area contributed by atoms with Crippen molar-refractivity contribution in [1.29, 1.82) is 0 Å². The van der Waals surface area contributed by atoms with Crippen molar-refractivity contribution in [2.75, 3.05) is 33.3 Å². The van der Waals surface area contributed by atoms with Gasteiger partial charge in [-0.25, -0.2) is 0 Å². The van der Waals surface area contributed by atoms with E-state index in [2.05, 4.69) is 31.1 Å². The highest BCUT2D eigenvalue weighted by Crippen LogP contribution is 2.39. The molecule has 0 aliphatic heterocycles. The second-order valence-electron chi connectivity index (χ2n) is 5.89. The zero-order valence-electron chi connectivity index (χ0n) is 13.7. The lowest BCUT2D eigenvalue weighted by atomic mass is 9.84. The van der Waals surface area contributed by atoms with Gasteiger partial charge in [-0.1, -0.05) is 20.3 Å². The molecule has 1 aliphatic carbocycles. The fraction of sp³-hybridized carbons (Fsp3) is 0.938. The third-order valence-electron chi connectivity index (χ3n) is 4.55. The molecular weight excluding hydrogens is 252 g/mol. The maximum Gasteiger partial charge on any atom is 0.326 e. The molecule has 0 aromatic rings. The van der Waals surface area contributed by atoms with Crippen molar-refractivity contribution in [3.63, 3.8) is 0 Å². The third kappa shape index (κ3) is 4.19. The smallest absolute Gasteiger partial charge is 0.326 e. The molecule has 1 saturated carbocycles. The summed E-state index contributed by atoms with van der Waals surface area (Å²) in [4.78, 5) is 14.8. The average Bonchev–Trinajstić information content (AvgIpc) is 2.86. The van der Waals surface area contributed by atoms with Crippen LogP contribution in [0.25, 0.3) is 0 Å². The number of ether oxygens (including phenoxy) is 1. The van der Waals surface area contributed by atoms with Crippen LogP contribution in [0.15, 0.2) is 0 Å². The number of carbonyl (C=O) groups excluding carboxylic acids is 1. The van der Waals surface area contributed by atoms with Crippen LogP contribution in [0.5, 0.6) is 0 Å². The Morgan fingerprint density at radius 1 is 1.40 bits per heavy atom. The molecule has 2 unspecified atom stereocenters. The van der Waals surface area contributed by atoms with Crippen LogP contribution in [0.4, 0.5) is 0 Å². The van der Waals surface area contributed by atoms with E-state index in [1.807, 2.05) is 6.92 Å². The molecule has 20 heavy (non-hydrogen) atoms. The Morgan fingerprint density at radius 3 is 2.75 bits per heavy atom. The topological polar surface area (TPSA) is 41.6 Å². The normalized spacial score (nSPS) is 26.1. The van der Waals surface area contributed by atoms with Crippen molar-refractivity contribution in [3.8, 4) is 0 Å². The van der Waals surface area contributed by atoms with Gasteiger partial charge in [-0.2, -0.15) is 0 Å². The van der Waals surface area contributed by atoms with Gasteiger partial charge in [0.2, 0.25) is 0 Å². The molecular formula is C16H32N2O2. The summed E-state index contributed by atoms with van der Waals surface area (Å²) in [5.41, 5.74) is -0.430. The van der Waals surface area contributed by atoms with Crippen molar-refractivity contribution in [1.82, 2.24) is 10.2 Å². The molecule has 0 saturated heterocycles. The van der Waals surface area contributed by atoms with Crippen LogP contribution >= 0.6 is 0 Å². The van der Waals surface area contributed by atoms with Crippen molar-refractivity contribution in [2.45, 2.75) is 58.4 Å². The molecule has 4 nitrogen and oxygen atoms in total. The average molecular weight is 284 g/mol. The molecule has 0 heterocycles. The summed E-state index contributed by atoms with van der Waals surface area (Å²) in [6.45, 7) is 9.66. The summed E-state index contributed by atoms with van der Waals surface area (Å²) in [5.74, 6) is 0.372. The standard InChI is InChI=1S/C16H32N2O2/c1-5-12-17-16(15(19)20-7-3)11-8-9-14(16)10-13-18(4)6-2/h14,17H,5-13H2,1-4H3. The molecule has 4 heteroatoms. The van der Waals surface area contributed by atoms with Gasteiger partial charge in [-0.05, 0) is 65.2 Å². The quantitative estimate of drug-likeness (QED) is 0.660. The molecule has 0 aromatic heterocycles. The van der Waals surface area contributed by atoms with Crippen LogP contribution in [0, 0.1) is 5.92 Å². The summed E-state index contributed by atoms with van der Waals surface area (Å²) in [6.07, 6.45) is 5.29. The summed E-state index contributed by atoms with van der Waals surface area (Å²) < 4.78 is 5.37. The predicted molar refractivity (Wildman–Crippen MR) is 82.8 cm³/mol. The SMILES string of the molecule is CCCNC1(C(=O)OCC)CCCC1CCN(C)CC. The first-order valence-corrected chi connectivity index (χ1v) is 8.21. The van der Waals surface area contributed by atoms with Gasteiger partial charge in [-0.15, -0.1) is 0 Å². The van der Waals surface area contributed by atoms with Gasteiger partial charge in [0, 0.05) is 0 Å². The van der Waals surface area contributed by atoms with Crippen LogP contribution in [-0.2, 0) is 9.53 Å². The van der Waals surface area contributed by atoms with E-state index >= 15 is 0 Å². The Kier molecular flexibility index (Phi) is 7.52. The zero-order chi connectivity index (χ0) is 15.0. The molecule has 0 bridgehead atoms.